The standard InChI is InChI=1S/C13H18N2O2S/c1-4-17-12(16)8-15(3)11-6-5-10(13(14)18)7-9(11)2/h5-7H,4,8H2,1-3H3,(H2,14,18). The van der Waals surface area contributed by atoms with Gasteiger partial charge in [-0.2, -0.15) is 0 Å². The highest BCUT2D eigenvalue weighted by Crippen LogP contribution is 2.20. The lowest BCUT2D eigenvalue weighted by molar-refractivity contribution is -0.141. The number of rotatable bonds is 5. The van der Waals surface area contributed by atoms with Crippen LogP contribution in [0, 0.1) is 6.92 Å². The van der Waals surface area contributed by atoms with E-state index in [2.05, 4.69) is 0 Å². The molecule has 18 heavy (non-hydrogen) atoms. The van der Waals surface area contributed by atoms with Gasteiger partial charge in [0, 0.05) is 18.3 Å². The number of esters is 1. The molecule has 0 aliphatic rings. The maximum Gasteiger partial charge on any atom is 0.325 e. The van der Waals surface area contributed by atoms with Crippen LogP contribution >= 0.6 is 12.2 Å². The van der Waals surface area contributed by atoms with Crippen LogP contribution in [0.3, 0.4) is 0 Å². The number of nitrogens with zero attached hydrogens (tertiary/aromatic N) is 1. The van der Waals surface area contributed by atoms with Gasteiger partial charge in [0.25, 0.3) is 0 Å². The molecule has 0 fully saturated rings. The molecule has 0 saturated heterocycles. The average Bonchev–Trinajstić information content (AvgIpc) is 2.28. The maximum absolute atomic E-state index is 11.4. The maximum atomic E-state index is 11.4. The summed E-state index contributed by atoms with van der Waals surface area (Å²) >= 11 is 4.93. The van der Waals surface area contributed by atoms with Crippen molar-refractivity contribution >= 4 is 28.9 Å². The Balaban J connectivity index is 2.83. The molecule has 4 nitrogen and oxygen atoms in total. The first kappa shape index (κ1) is 14.4. The SMILES string of the molecule is CCOC(=O)CN(C)c1ccc(C(N)=S)cc1C. The number of anilines is 1. The summed E-state index contributed by atoms with van der Waals surface area (Å²) in [6.45, 7) is 4.37. The Morgan fingerprint density at radius 3 is 2.67 bits per heavy atom. The molecule has 0 aliphatic carbocycles. The minimum Gasteiger partial charge on any atom is -0.465 e. The van der Waals surface area contributed by atoms with Gasteiger partial charge in [0.1, 0.15) is 11.5 Å². The summed E-state index contributed by atoms with van der Waals surface area (Å²) in [6, 6.07) is 5.68. The molecular formula is C13H18N2O2S. The van der Waals surface area contributed by atoms with E-state index < -0.39 is 0 Å². The van der Waals surface area contributed by atoms with Gasteiger partial charge in [-0.15, -0.1) is 0 Å². The molecule has 1 aromatic carbocycles. The van der Waals surface area contributed by atoms with Gasteiger partial charge in [-0.3, -0.25) is 4.79 Å². The number of aryl methyl sites for hydroxylation is 1. The van der Waals surface area contributed by atoms with E-state index in [0.29, 0.717) is 11.6 Å². The van der Waals surface area contributed by atoms with Gasteiger partial charge in [0.15, 0.2) is 0 Å². The molecule has 0 amide bonds. The molecule has 0 aliphatic heterocycles. The summed E-state index contributed by atoms with van der Waals surface area (Å²) in [5.74, 6) is -0.238. The van der Waals surface area contributed by atoms with E-state index in [-0.39, 0.29) is 12.5 Å². The highest BCUT2D eigenvalue weighted by molar-refractivity contribution is 7.80. The Kier molecular flexibility index (Phi) is 5.09. The number of carbonyl (C=O) groups is 1. The third-order valence-electron chi connectivity index (χ3n) is 2.56. The monoisotopic (exact) mass is 266 g/mol. The number of nitrogens with two attached hydrogens (primary N) is 1. The van der Waals surface area contributed by atoms with E-state index in [1.165, 1.54) is 0 Å². The fourth-order valence-corrected chi connectivity index (χ4v) is 1.85. The lowest BCUT2D eigenvalue weighted by Gasteiger charge is -2.20. The molecule has 98 valence electrons. The highest BCUT2D eigenvalue weighted by Gasteiger charge is 2.11. The van der Waals surface area contributed by atoms with Crippen molar-refractivity contribution in [3.8, 4) is 0 Å². The predicted octanol–water partition coefficient (Wildman–Crippen LogP) is 1.63. The number of thiocarbonyl (C=S) groups is 1. The Morgan fingerprint density at radius 1 is 1.50 bits per heavy atom. The van der Waals surface area contributed by atoms with Crippen molar-refractivity contribution in [3.05, 3.63) is 29.3 Å². The van der Waals surface area contributed by atoms with Crippen molar-refractivity contribution in [2.24, 2.45) is 5.73 Å². The van der Waals surface area contributed by atoms with Crippen LogP contribution in [0.15, 0.2) is 18.2 Å². The molecular weight excluding hydrogens is 248 g/mol. The van der Waals surface area contributed by atoms with Crippen molar-refractivity contribution in [2.45, 2.75) is 13.8 Å². The second-order valence-corrected chi connectivity index (χ2v) is 4.47. The zero-order chi connectivity index (χ0) is 13.7. The highest BCUT2D eigenvalue weighted by atomic mass is 32.1. The number of hydrogen-bond donors (Lipinski definition) is 1. The first-order chi connectivity index (χ1) is 8.45. The predicted molar refractivity (Wildman–Crippen MR) is 77.0 cm³/mol. The van der Waals surface area contributed by atoms with E-state index in [4.69, 9.17) is 22.7 Å². The first-order valence-corrected chi connectivity index (χ1v) is 6.13. The van der Waals surface area contributed by atoms with E-state index in [1.54, 1.807) is 6.92 Å². The minimum absolute atomic E-state index is 0.223. The largest absolute Gasteiger partial charge is 0.465 e. The average molecular weight is 266 g/mol. The Morgan fingerprint density at radius 2 is 2.17 bits per heavy atom. The molecule has 0 radical (unpaired) electrons. The molecule has 2 N–H and O–H groups in total. The van der Waals surface area contributed by atoms with Crippen LogP contribution in [0.4, 0.5) is 5.69 Å². The van der Waals surface area contributed by atoms with Gasteiger partial charge in [0.05, 0.1) is 6.61 Å². The summed E-state index contributed by atoms with van der Waals surface area (Å²) < 4.78 is 4.91. The van der Waals surface area contributed by atoms with Crippen LogP contribution in [0.1, 0.15) is 18.1 Å². The Labute approximate surface area is 113 Å². The topological polar surface area (TPSA) is 55.6 Å². The van der Waals surface area contributed by atoms with Crippen molar-refractivity contribution < 1.29 is 9.53 Å². The first-order valence-electron chi connectivity index (χ1n) is 5.73. The van der Waals surface area contributed by atoms with Gasteiger partial charge < -0.3 is 15.4 Å². The third kappa shape index (κ3) is 3.70. The number of ether oxygens (including phenoxy) is 1. The summed E-state index contributed by atoms with van der Waals surface area (Å²) in [5.41, 5.74) is 8.38. The van der Waals surface area contributed by atoms with Crippen LogP contribution < -0.4 is 10.6 Å². The Hall–Kier alpha value is -1.62. The lowest BCUT2D eigenvalue weighted by atomic mass is 10.1. The zero-order valence-electron chi connectivity index (χ0n) is 10.9. The summed E-state index contributed by atoms with van der Waals surface area (Å²) in [7, 11) is 1.85. The van der Waals surface area contributed by atoms with Crippen LogP contribution in [-0.2, 0) is 9.53 Å². The van der Waals surface area contributed by atoms with Gasteiger partial charge in [-0.25, -0.2) is 0 Å². The van der Waals surface area contributed by atoms with Crippen LogP contribution in [-0.4, -0.2) is 31.2 Å². The van der Waals surface area contributed by atoms with Crippen molar-refractivity contribution in [3.63, 3.8) is 0 Å². The molecule has 0 heterocycles. The molecule has 0 unspecified atom stereocenters. The molecule has 1 aromatic rings. The van der Waals surface area contributed by atoms with E-state index in [0.717, 1.165) is 16.8 Å². The second-order valence-electron chi connectivity index (χ2n) is 4.03. The fourth-order valence-electron chi connectivity index (χ4n) is 1.72. The minimum atomic E-state index is -0.238. The number of carbonyl (C=O) groups excluding carboxylic acids is 1. The van der Waals surface area contributed by atoms with Gasteiger partial charge in [-0.05, 0) is 37.6 Å². The smallest absolute Gasteiger partial charge is 0.325 e. The number of hydrogen-bond acceptors (Lipinski definition) is 4. The number of likely N-dealkylation sites (N-methyl/N-ethyl adjacent to an activating group) is 1. The Bertz CT molecular complexity index is 460. The molecule has 0 aromatic heterocycles. The van der Waals surface area contributed by atoms with E-state index in [1.807, 2.05) is 37.1 Å². The normalized spacial score (nSPS) is 9.94. The summed E-state index contributed by atoms with van der Waals surface area (Å²) in [4.78, 5) is 13.6. The van der Waals surface area contributed by atoms with Crippen LogP contribution in [0.25, 0.3) is 0 Å². The summed E-state index contributed by atoms with van der Waals surface area (Å²) in [5, 5.41) is 0. The molecule has 0 bridgehead atoms. The quantitative estimate of drug-likeness (QED) is 0.648. The van der Waals surface area contributed by atoms with E-state index in [9.17, 15) is 4.79 Å². The van der Waals surface area contributed by atoms with Crippen LogP contribution in [0.5, 0.6) is 0 Å². The molecule has 0 atom stereocenters. The molecule has 1 rings (SSSR count). The second kappa shape index (κ2) is 6.35. The van der Waals surface area contributed by atoms with Gasteiger partial charge in [0.2, 0.25) is 0 Å². The van der Waals surface area contributed by atoms with Crippen molar-refractivity contribution in [1.29, 1.82) is 0 Å². The zero-order valence-corrected chi connectivity index (χ0v) is 11.7. The van der Waals surface area contributed by atoms with Crippen molar-refractivity contribution in [1.82, 2.24) is 0 Å². The van der Waals surface area contributed by atoms with E-state index >= 15 is 0 Å². The van der Waals surface area contributed by atoms with Gasteiger partial charge >= 0.3 is 5.97 Å². The van der Waals surface area contributed by atoms with Crippen LogP contribution in [0.2, 0.25) is 0 Å². The fraction of sp³-hybridized carbons (Fsp3) is 0.385. The molecule has 0 spiro atoms. The lowest BCUT2D eigenvalue weighted by Crippen LogP contribution is -2.27. The number of benzene rings is 1. The summed E-state index contributed by atoms with van der Waals surface area (Å²) in [6.07, 6.45) is 0. The third-order valence-corrected chi connectivity index (χ3v) is 2.80. The molecule has 0 saturated carbocycles. The van der Waals surface area contributed by atoms with Crippen molar-refractivity contribution in [2.75, 3.05) is 25.1 Å². The van der Waals surface area contributed by atoms with Gasteiger partial charge in [-0.1, -0.05) is 12.2 Å². The molecule has 5 heteroatoms.